The molecule has 5 nitrogen and oxygen atoms in total. The molecule has 1 aliphatic carbocycles. The zero-order chi connectivity index (χ0) is 11.4. The Kier molecular flexibility index (Phi) is 3.44. The molecule has 1 fully saturated rings. The molecule has 16 heavy (non-hydrogen) atoms. The van der Waals surface area contributed by atoms with Gasteiger partial charge in [-0.3, -0.25) is 0 Å². The summed E-state index contributed by atoms with van der Waals surface area (Å²) >= 11 is 0. The largest absolute Gasteiger partial charge is 0.370 e. The fourth-order valence-electron chi connectivity index (χ4n) is 1.98. The van der Waals surface area contributed by atoms with Gasteiger partial charge in [-0.25, -0.2) is 4.99 Å². The molecule has 0 saturated heterocycles. The molecule has 0 aliphatic heterocycles. The van der Waals surface area contributed by atoms with Crippen LogP contribution in [0.5, 0.6) is 0 Å². The fourth-order valence-corrected chi connectivity index (χ4v) is 1.98. The van der Waals surface area contributed by atoms with Gasteiger partial charge in [0.15, 0.2) is 5.96 Å². The van der Waals surface area contributed by atoms with Crippen LogP contribution in [0.15, 0.2) is 15.6 Å². The zero-order valence-corrected chi connectivity index (χ0v) is 9.57. The summed E-state index contributed by atoms with van der Waals surface area (Å²) in [6, 6.07) is 2.37. The molecule has 5 heteroatoms. The first-order chi connectivity index (χ1) is 7.74. The highest BCUT2D eigenvalue weighted by atomic mass is 16.5. The summed E-state index contributed by atoms with van der Waals surface area (Å²) in [5, 5.41) is 7.08. The summed E-state index contributed by atoms with van der Waals surface area (Å²) in [5.41, 5.74) is 6.60. The van der Waals surface area contributed by atoms with Crippen LogP contribution in [0.1, 0.15) is 37.1 Å². The van der Waals surface area contributed by atoms with Crippen molar-refractivity contribution in [1.29, 1.82) is 0 Å². The number of hydrogen-bond acceptors (Lipinski definition) is 3. The van der Waals surface area contributed by atoms with Crippen LogP contribution >= 0.6 is 0 Å². The average molecular weight is 222 g/mol. The van der Waals surface area contributed by atoms with Crippen molar-refractivity contribution in [2.24, 2.45) is 10.7 Å². The smallest absolute Gasteiger partial charge is 0.189 e. The maximum Gasteiger partial charge on any atom is 0.189 e. The molecule has 1 saturated carbocycles. The highest BCUT2D eigenvalue weighted by Gasteiger charge is 2.14. The molecule has 2 rings (SSSR count). The Labute approximate surface area is 95.1 Å². The lowest BCUT2D eigenvalue weighted by Gasteiger charge is -2.11. The Morgan fingerprint density at radius 3 is 3.00 bits per heavy atom. The third-order valence-electron chi connectivity index (χ3n) is 2.80. The number of rotatable bonds is 3. The van der Waals surface area contributed by atoms with Gasteiger partial charge in [-0.05, 0) is 19.8 Å². The van der Waals surface area contributed by atoms with E-state index in [9.17, 15) is 0 Å². The molecule has 1 heterocycles. The number of nitrogens with one attached hydrogen (secondary N) is 1. The van der Waals surface area contributed by atoms with Crippen LogP contribution in [0.4, 0.5) is 0 Å². The summed E-state index contributed by atoms with van der Waals surface area (Å²) in [6.07, 6.45) is 4.96. The summed E-state index contributed by atoms with van der Waals surface area (Å²) in [6.45, 7) is 2.34. The van der Waals surface area contributed by atoms with Gasteiger partial charge in [-0.2, -0.15) is 0 Å². The van der Waals surface area contributed by atoms with Gasteiger partial charge >= 0.3 is 0 Å². The number of aryl methyl sites for hydroxylation is 1. The molecule has 1 aromatic heterocycles. The van der Waals surface area contributed by atoms with Gasteiger partial charge in [0, 0.05) is 12.1 Å². The SMILES string of the molecule is Cc1cc(CN=C(N)NC2CCCC2)no1. The van der Waals surface area contributed by atoms with Crippen LogP contribution < -0.4 is 11.1 Å². The van der Waals surface area contributed by atoms with Gasteiger partial charge < -0.3 is 15.6 Å². The molecule has 1 aliphatic rings. The highest BCUT2D eigenvalue weighted by Crippen LogP contribution is 2.17. The second-order valence-electron chi connectivity index (χ2n) is 4.26. The molecular formula is C11H18N4O. The van der Waals surface area contributed by atoms with Crippen LogP contribution in [0.25, 0.3) is 0 Å². The van der Waals surface area contributed by atoms with E-state index in [0.717, 1.165) is 11.5 Å². The van der Waals surface area contributed by atoms with E-state index in [0.29, 0.717) is 18.5 Å². The summed E-state index contributed by atoms with van der Waals surface area (Å²) in [4.78, 5) is 4.23. The molecule has 0 unspecified atom stereocenters. The van der Waals surface area contributed by atoms with Crippen LogP contribution in [0.2, 0.25) is 0 Å². The van der Waals surface area contributed by atoms with Gasteiger partial charge in [0.05, 0.1) is 6.54 Å². The molecule has 1 aromatic rings. The van der Waals surface area contributed by atoms with Crippen molar-refractivity contribution < 1.29 is 4.52 Å². The van der Waals surface area contributed by atoms with Gasteiger partial charge in [0.1, 0.15) is 11.5 Å². The van der Waals surface area contributed by atoms with Gasteiger partial charge in [0.2, 0.25) is 0 Å². The molecule has 3 N–H and O–H groups in total. The van der Waals surface area contributed by atoms with Crippen LogP contribution in [-0.4, -0.2) is 17.2 Å². The van der Waals surface area contributed by atoms with Crippen LogP contribution in [0.3, 0.4) is 0 Å². The third-order valence-corrected chi connectivity index (χ3v) is 2.80. The maximum atomic E-state index is 5.79. The molecular weight excluding hydrogens is 204 g/mol. The number of guanidine groups is 1. The minimum absolute atomic E-state index is 0.475. The molecule has 0 bridgehead atoms. The van der Waals surface area contributed by atoms with E-state index in [4.69, 9.17) is 10.3 Å². The quantitative estimate of drug-likeness (QED) is 0.597. The first-order valence-corrected chi connectivity index (χ1v) is 5.72. The number of nitrogens with two attached hydrogens (primary N) is 1. The second kappa shape index (κ2) is 5.01. The van der Waals surface area contributed by atoms with E-state index >= 15 is 0 Å². The molecule has 0 amide bonds. The van der Waals surface area contributed by atoms with Crippen molar-refractivity contribution in [3.05, 3.63) is 17.5 Å². The number of aromatic nitrogens is 1. The Morgan fingerprint density at radius 1 is 1.62 bits per heavy atom. The minimum Gasteiger partial charge on any atom is -0.370 e. The number of nitrogens with zero attached hydrogens (tertiary/aromatic N) is 2. The molecule has 0 aromatic carbocycles. The van der Waals surface area contributed by atoms with E-state index < -0.39 is 0 Å². The van der Waals surface area contributed by atoms with Crippen molar-refractivity contribution in [3.63, 3.8) is 0 Å². The van der Waals surface area contributed by atoms with Gasteiger partial charge in [0.25, 0.3) is 0 Å². The predicted octanol–water partition coefficient (Wildman–Crippen LogP) is 1.33. The predicted molar refractivity (Wildman–Crippen MR) is 62.0 cm³/mol. The van der Waals surface area contributed by atoms with E-state index in [1.165, 1.54) is 25.7 Å². The summed E-state index contributed by atoms with van der Waals surface area (Å²) < 4.78 is 4.95. The maximum absolute atomic E-state index is 5.79. The monoisotopic (exact) mass is 222 g/mol. The van der Waals surface area contributed by atoms with Gasteiger partial charge in [-0.1, -0.05) is 18.0 Å². The average Bonchev–Trinajstić information content (AvgIpc) is 2.87. The second-order valence-corrected chi connectivity index (χ2v) is 4.26. The first-order valence-electron chi connectivity index (χ1n) is 5.72. The van der Waals surface area contributed by atoms with Crippen molar-refractivity contribution in [2.75, 3.05) is 0 Å². The summed E-state index contributed by atoms with van der Waals surface area (Å²) in [5.74, 6) is 1.31. The van der Waals surface area contributed by atoms with Gasteiger partial charge in [-0.15, -0.1) is 0 Å². The van der Waals surface area contributed by atoms with Crippen LogP contribution in [-0.2, 0) is 6.54 Å². The standard InChI is InChI=1S/C11H18N4O/c1-8-6-10(15-16-8)7-13-11(12)14-9-4-2-3-5-9/h6,9H,2-5,7H2,1H3,(H3,12,13,14). The number of aliphatic imine (C=N–C) groups is 1. The zero-order valence-electron chi connectivity index (χ0n) is 9.57. The minimum atomic E-state index is 0.475. The van der Waals surface area contributed by atoms with Crippen molar-refractivity contribution in [2.45, 2.75) is 45.2 Å². The van der Waals surface area contributed by atoms with E-state index in [-0.39, 0.29) is 0 Å². The van der Waals surface area contributed by atoms with E-state index in [2.05, 4.69) is 15.5 Å². The fraction of sp³-hybridized carbons (Fsp3) is 0.636. The Hall–Kier alpha value is -1.52. The lowest BCUT2D eigenvalue weighted by Crippen LogP contribution is -2.38. The normalized spacial score (nSPS) is 17.9. The molecule has 0 atom stereocenters. The Bertz CT molecular complexity index is 366. The van der Waals surface area contributed by atoms with Crippen molar-refractivity contribution in [1.82, 2.24) is 10.5 Å². The third kappa shape index (κ3) is 2.98. The lowest BCUT2D eigenvalue weighted by atomic mass is 10.2. The molecule has 88 valence electrons. The highest BCUT2D eigenvalue weighted by molar-refractivity contribution is 5.78. The van der Waals surface area contributed by atoms with Crippen LogP contribution in [0, 0.1) is 6.92 Å². The van der Waals surface area contributed by atoms with E-state index in [1.54, 1.807) is 0 Å². The summed E-state index contributed by atoms with van der Waals surface area (Å²) in [7, 11) is 0. The number of hydrogen-bond donors (Lipinski definition) is 2. The molecule has 0 spiro atoms. The molecule has 0 radical (unpaired) electrons. The first kappa shape index (κ1) is 11.0. The Balaban J connectivity index is 1.81. The van der Waals surface area contributed by atoms with Crippen molar-refractivity contribution >= 4 is 5.96 Å². The van der Waals surface area contributed by atoms with Crippen molar-refractivity contribution in [3.8, 4) is 0 Å². The Morgan fingerprint density at radius 2 is 2.38 bits per heavy atom. The van der Waals surface area contributed by atoms with E-state index in [1.807, 2.05) is 13.0 Å². The lowest BCUT2D eigenvalue weighted by molar-refractivity contribution is 0.391. The topological polar surface area (TPSA) is 76.4 Å².